The van der Waals surface area contributed by atoms with Gasteiger partial charge in [0.05, 0.1) is 6.07 Å². The van der Waals surface area contributed by atoms with Gasteiger partial charge in [-0.1, -0.05) is 0 Å². The van der Waals surface area contributed by atoms with Crippen molar-refractivity contribution < 1.29 is 0 Å². The number of anilines is 1. The fraction of sp³-hybridized carbons (Fsp3) is 0.500. The first-order chi connectivity index (χ1) is 5.47. The molecule has 0 spiro atoms. The van der Waals surface area contributed by atoms with Gasteiger partial charge in [-0.15, -0.1) is 0 Å². The Morgan fingerprint density at radius 2 is 2.25 bits per heavy atom. The summed E-state index contributed by atoms with van der Waals surface area (Å²) in [7, 11) is 0. The van der Waals surface area contributed by atoms with Crippen LogP contribution in [0.25, 0.3) is 0 Å². The highest BCUT2D eigenvalue weighted by Crippen LogP contribution is 2.17. The van der Waals surface area contributed by atoms with Gasteiger partial charge in [0.1, 0.15) is 11.4 Å². The summed E-state index contributed by atoms with van der Waals surface area (Å²) in [6.45, 7) is 5.47. The van der Waals surface area contributed by atoms with E-state index in [2.05, 4.69) is 11.2 Å². The first-order valence-electron chi connectivity index (χ1n) is 3.71. The number of nitrogens with two attached hydrogens (primary N) is 1. The highest BCUT2D eigenvalue weighted by atomic mass is 15.3. The van der Waals surface area contributed by atoms with Crippen LogP contribution in [0, 0.1) is 18.3 Å². The summed E-state index contributed by atoms with van der Waals surface area (Å²) < 4.78 is 1.63. The molecule has 4 heteroatoms. The van der Waals surface area contributed by atoms with Crippen molar-refractivity contribution in [1.29, 1.82) is 5.26 Å². The summed E-state index contributed by atoms with van der Waals surface area (Å²) in [4.78, 5) is 0. The second kappa shape index (κ2) is 2.52. The van der Waals surface area contributed by atoms with Gasteiger partial charge >= 0.3 is 0 Å². The lowest BCUT2D eigenvalue weighted by molar-refractivity contribution is 0.410. The zero-order valence-corrected chi connectivity index (χ0v) is 7.50. The summed E-state index contributed by atoms with van der Waals surface area (Å²) in [6.07, 6.45) is 0. The molecule has 1 aromatic rings. The number of aryl methyl sites for hydroxylation is 1. The molecule has 0 bridgehead atoms. The van der Waals surface area contributed by atoms with Crippen molar-refractivity contribution >= 4 is 5.82 Å². The van der Waals surface area contributed by atoms with E-state index in [4.69, 9.17) is 11.0 Å². The Morgan fingerprint density at radius 3 is 2.58 bits per heavy atom. The van der Waals surface area contributed by atoms with Crippen LogP contribution >= 0.6 is 0 Å². The molecule has 0 aliphatic carbocycles. The van der Waals surface area contributed by atoms with Gasteiger partial charge in [0.15, 0.2) is 0 Å². The molecule has 0 saturated carbocycles. The van der Waals surface area contributed by atoms with Gasteiger partial charge in [-0.3, -0.25) is 0 Å². The van der Waals surface area contributed by atoms with E-state index < -0.39 is 5.54 Å². The average molecular weight is 164 g/mol. The Kier molecular flexibility index (Phi) is 1.81. The van der Waals surface area contributed by atoms with E-state index in [9.17, 15) is 0 Å². The zero-order valence-electron chi connectivity index (χ0n) is 7.50. The second-order valence-electron chi connectivity index (χ2n) is 3.29. The van der Waals surface area contributed by atoms with Crippen molar-refractivity contribution in [3.63, 3.8) is 0 Å². The molecule has 0 atom stereocenters. The maximum absolute atomic E-state index is 8.83. The maximum atomic E-state index is 8.83. The van der Waals surface area contributed by atoms with Crippen molar-refractivity contribution in [1.82, 2.24) is 9.78 Å². The molecule has 1 heterocycles. The second-order valence-corrected chi connectivity index (χ2v) is 3.29. The van der Waals surface area contributed by atoms with Gasteiger partial charge in [-0.25, -0.2) is 4.68 Å². The molecule has 0 aliphatic heterocycles. The summed E-state index contributed by atoms with van der Waals surface area (Å²) in [5.41, 5.74) is 5.77. The van der Waals surface area contributed by atoms with Crippen molar-refractivity contribution in [3.05, 3.63) is 11.8 Å². The first-order valence-corrected chi connectivity index (χ1v) is 3.71. The van der Waals surface area contributed by atoms with E-state index in [-0.39, 0.29) is 0 Å². The zero-order chi connectivity index (χ0) is 9.35. The van der Waals surface area contributed by atoms with Crippen LogP contribution < -0.4 is 5.73 Å². The predicted molar refractivity (Wildman–Crippen MR) is 46.3 cm³/mol. The quantitative estimate of drug-likeness (QED) is 0.674. The third-order valence-corrected chi connectivity index (χ3v) is 1.71. The summed E-state index contributed by atoms with van der Waals surface area (Å²) >= 11 is 0. The number of nitrogens with zero attached hydrogens (tertiary/aromatic N) is 3. The Labute approximate surface area is 71.6 Å². The van der Waals surface area contributed by atoms with E-state index >= 15 is 0 Å². The van der Waals surface area contributed by atoms with Crippen molar-refractivity contribution in [2.75, 3.05) is 5.73 Å². The van der Waals surface area contributed by atoms with Crippen molar-refractivity contribution in [2.24, 2.45) is 0 Å². The Morgan fingerprint density at radius 1 is 1.67 bits per heavy atom. The first kappa shape index (κ1) is 8.60. The van der Waals surface area contributed by atoms with Gasteiger partial charge in [0.2, 0.25) is 0 Å². The summed E-state index contributed by atoms with van der Waals surface area (Å²) in [6, 6.07) is 3.91. The van der Waals surface area contributed by atoms with Crippen LogP contribution in [0.5, 0.6) is 0 Å². The molecular formula is C8H12N4. The lowest BCUT2D eigenvalue weighted by Gasteiger charge is -2.17. The fourth-order valence-electron chi connectivity index (χ4n) is 1.11. The minimum absolute atomic E-state index is 0.454. The molecule has 0 unspecified atom stereocenters. The molecule has 2 N–H and O–H groups in total. The van der Waals surface area contributed by atoms with E-state index in [0.717, 1.165) is 5.69 Å². The molecule has 1 rings (SSSR count). The Hall–Kier alpha value is -1.50. The van der Waals surface area contributed by atoms with Crippen LogP contribution in [0.2, 0.25) is 0 Å². The Bertz CT molecular complexity index is 329. The monoisotopic (exact) mass is 164 g/mol. The molecule has 4 nitrogen and oxygen atoms in total. The maximum Gasteiger partial charge on any atom is 0.145 e. The number of aromatic nitrogens is 2. The normalized spacial score (nSPS) is 11.2. The highest BCUT2D eigenvalue weighted by molar-refractivity contribution is 5.30. The molecular weight excluding hydrogens is 152 g/mol. The smallest absolute Gasteiger partial charge is 0.145 e. The van der Waals surface area contributed by atoms with Gasteiger partial charge in [-0.2, -0.15) is 10.4 Å². The van der Waals surface area contributed by atoms with Crippen molar-refractivity contribution in [3.8, 4) is 6.07 Å². The standard InChI is InChI=1S/C8H12N4/c1-6-4-7(10)11-12(6)8(2,3)5-9/h4H,1-3H3,(H2,10,11). The molecule has 0 aromatic carbocycles. The van der Waals surface area contributed by atoms with Crippen LogP contribution in [-0.4, -0.2) is 9.78 Å². The van der Waals surface area contributed by atoms with Crippen LogP contribution in [0.15, 0.2) is 6.07 Å². The molecule has 1 aromatic heterocycles. The van der Waals surface area contributed by atoms with E-state index in [1.165, 1.54) is 0 Å². The lowest BCUT2D eigenvalue weighted by Crippen LogP contribution is -2.26. The molecule has 0 fully saturated rings. The van der Waals surface area contributed by atoms with E-state index in [0.29, 0.717) is 5.82 Å². The number of nitrogen functional groups attached to an aromatic ring is 1. The minimum atomic E-state index is -0.623. The third-order valence-electron chi connectivity index (χ3n) is 1.71. The number of hydrogen-bond donors (Lipinski definition) is 1. The van der Waals surface area contributed by atoms with Crippen LogP contribution in [0.3, 0.4) is 0 Å². The lowest BCUT2D eigenvalue weighted by atomic mass is 10.1. The van der Waals surface area contributed by atoms with Gasteiger partial charge in [0.25, 0.3) is 0 Å². The van der Waals surface area contributed by atoms with Crippen LogP contribution in [0.1, 0.15) is 19.5 Å². The molecule has 12 heavy (non-hydrogen) atoms. The molecule has 64 valence electrons. The summed E-state index contributed by atoms with van der Waals surface area (Å²) in [5.74, 6) is 0.454. The topological polar surface area (TPSA) is 67.6 Å². The van der Waals surface area contributed by atoms with E-state index in [1.807, 2.05) is 6.92 Å². The Balaban J connectivity index is 3.21. The van der Waals surface area contributed by atoms with Gasteiger partial charge in [-0.05, 0) is 20.8 Å². The van der Waals surface area contributed by atoms with E-state index in [1.54, 1.807) is 24.6 Å². The SMILES string of the molecule is Cc1cc(N)nn1C(C)(C)C#N. The number of nitriles is 1. The van der Waals surface area contributed by atoms with Gasteiger partial charge in [0, 0.05) is 11.8 Å². The van der Waals surface area contributed by atoms with Crippen molar-refractivity contribution in [2.45, 2.75) is 26.3 Å². The molecule has 0 saturated heterocycles. The van der Waals surface area contributed by atoms with Gasteiger partial charge < -0.3 is 5.73 Å². The largest absolute Gasteiger partial charge is 0.382 e. The predicted octanol–water partition coefficient (Wildman–Crippen LogP) is 1.03. The average Bonchev–Trinajstić information content (AvgIpc) is 2.31. The molecule has 0 radical (unpaired) electrons. The fourth-order valence-corrected chi connectivity index (χ4v) is 1.11. The minimum Gasteiger partial charge on any atom is -0.382 e. The number of hydrogen-bond acceptors (Lipinski definition) is 3. The number of rotatable bonds is 1. The summed E-state index contributed by atoms with van der Waals surface area (Å²) in [5, 5.41) is 12.9. The highest BCUT2D eigenvalue weighted by Gasteiger charge is 2.21. The molecule has 0 amide bonds. The van der Waals surface area contributed by atoms with Crippen LogP contribution in [0.4, 0.5) is 5.82 Å². The van der Waals surface area contributed by atoms with Crippen LogP contribution in [-0.2, 0) is 5.54 Å². The molecule has 0 aliphatic rings. The third kappa shape index (κ3) is 1.26.